The second kappa shape index (κ2) is 17.3. The molecule has 2 unspecified atom stereocenters. The molecule has 2 atom stereocenters. The highest BCUT2D eigenvalue weighted by Gasteiger charge is 2.42. The van der Waals surface area contributed by atoms with E-state index in [0.717, 1.165) is 24.3 Å². The molecule has 0 amide bonds. The van der Waals surface area contributed by atoms with Gasteiger partial charge in [0.05, 0.1) is 23.3 Å². The Morgan fingerprint density at radius 2 is 0.780 bits per heavy atom. The fourth-order valence-corrected chi connectivity index (χ4v) is 6.87. The molecule has 0 saturated carbocycles. The van der Waals surface area contributed by atoms with Gasteiger partial charge in [-0.2, -0.15) is 26.3 Å². The average Bonchev–Trinajstić information content (AvgIpc) is 3.20. The molecule has 0 spiro atoms. The smallest absolute Gasteiger partial charge is 0.416 e. The van der Waals surface area contributed by atoms with Gasteiger partial charge < -0.3 is 14.2 Å². The SMILES string of the molecule is CC(C)(c1cccc(C(F)(F)F)c1)C(Cc1ccc(F)c(Oc2ccccc2)c1)OC(Cc1ccc(F)c(Oc2ccccc2)c1)C(C)(C)c1cccc(C(F)(F)F)c1. The largest absolute Gasteiger partial charge is 0.454 e. The van der Waals surface area contributed by atoms with Crippen molar-refractivity contribution in [1.29, 1.82) is 0 Å². The predicted octanol–water partition coefficient (Wildman–Crippen LogP) is 14.1. The van der Waals surface area contributed by atoms with Crippen molar-refractivity contribution >= 4 is 0 Å². The van der Waals surface area contributed by atoms with E-state index in [1.165, 1.54) is 48.5 Å². The molecule has 0 fully saturated rings. The van der Waals surface area contributed by atoms with Crippen molar-refractivity contribution in [2.24, 2.45) is 0 Å². The Kier molecular flexibility index (Phi) is 12.6. The molecule has 308 valence electrons. The van der Waals surface area contributed by atoms with E-state index in [9.17, 15) is 26.3 Å². The maximum Gasteiger partial charge on any atom is 0.416 e. The zero-order valence-corrected chi connectivity index (χ0v) is 32.7. The normalized spacial score (nSPS) is 13.5. The summed E-state index contributed by atoms with van der Waals surface area (Å²) in [5.41, 5.74) is -2.59. The lowest BCUT2D eigenvalue weighted by Gasteiger charge is -2.43. The highest BCUT2D eigenvalue weighted by molar-refractivity contribution is 5.40. The number of ether oxygens (including phenoxy) is 3. The van der Waals surface area contributed by atoms with Crippen molar-refractivity contribution in [1.82, 2.24) is 0 Å². The molecule has 0 aromatic heterocycles. The third-order valence-electron chi connectivity index (χ3n) is 10.6. The first-order chi connectivity index (χ1) is 27.8. The first kappa shape index (κ1) is 42.9. The molecular formula is C48H42F8O3. The first-order valence-corrected chi connectivity index (χ1v) is 18.8. The van der Waals surface area contributed by atoms with Gasteiger partial charge in [-0.05, 0) is 95.8 Å². The quantitative estimate of drug-likeness (QED) is 0.102. The van der Waals surface area contributed by atoms with Crippen LogP contribution in [-0.2, 0) is 40.8 Å². The Labute approximate surface area is 338 Å². The van der Waals surface area contributed by atoms with E-state index in [4.69, 9.17) is 14.2 Å². The molecule has 6 aromatic rings. The number of halogens is 8. The monoisotopic (exact) mass is 818 g/mol. The summed E-state index contributed by atoms with van der Waals surface area (Å²) in [7, 11) is 0. The third kappa shape index (κ3) is 10.5. The van der Waals surface area contributed by atoms with Crippen LogP contribution in [0.5, 0.6) is 23.0 Å². The maximum absolute atomic E-state index is 15.2. The highest BCUT2D eigenvalue weighted by Crippen LogP contribution is 2.42. The fourth-order valence-electron chi connectivity index (χ4n) is 6.87. The maximum atomic E-state index is 15.2. The Hall–Kier alpha value is -5.68. The Bertz CT molecular complexity index is 2170. The minimum atomic E-state index is -4.65. The van der Waals surface area contributed by atoms with Crippen LogP contribution in [0.1, 0.15) is 61.1 Å². The van der Waals surface area contributed by atoms with Crippen molar-refractivity contribution in [3.05, 3.63) is 191 Å². The van der Waals surface area contributed by atoms with E-state index in [2.05, 4.69) is 0 Å². The Morgan fingerprint density at radius 1 is 0.424 bits per heavy atom. The van der Waals surface area contributed by atoms with E-state index in [1.54, 1.807) is 100 Å². The fraction of sp³-hybridized carbons (Fsp3) is 0.250. The minimum absolute atomic E-state index is 0.00956. The summed E-state index contributed by atoms with van der Waals surface area (Å²) < 4.78 is 134. The summed E-state index contributed by atoms with van der Waals surface area (Å²) >= 11 is 0. The van der Waals surface area contributed by atoms with Crippen molar-refractivity contribution < 1.29 is 49.3 Å². The zero-order chi connectivity index (χ0) is 42.6. The van der Waals surface area contributed by atoms with Crippen LogP contribution in [0.3, 0.4) is 0 Å². The number of para-hydroxylation sites is 2. The van der Waals surface area contributed by atoms with Crippen LogP contribution in [0.2, 0.25) is 0 Å². The minimum Gasteiger partial charge on any atom is -0.454 e. The highest BCUT2D eigenvalue weighted by atomic mass is 19.4. The molecule has 6 aromatic carbocycles. The van der Waals surface area contributed by atoms with Crippen LogP contribution in [0.15, 0.2) is 146 Å². The van der Waals surface area contributed by atoms with E-state index < -0.39 is 58.2 Å². The van der Waals surface area contributed by atoms with Gasteiger partial charge in [0.25, 0.3) is 0 Å². The van der Waals surface area contributed by atoms with E-state index in [0.29, 0.717) is 22.6 Å². The second-order valence-electron chi connectivity index (χ2n) is 15.5. The van der Waals surface area contributed by atoms with Gasteiger partial charge in [-0.25, -0.2) is 8.78 Å². The standard InChI is InChI=1S/C48H42F8O3/c1-45(2,33-13-11-15-35(29-33)47(51,52)53)43(27-31-21-23-39(49)41(25-31)57-37-17-7-5-8-18-37)59-44(46(3,4)34-14-12-16-36(30-34)48(54,55)56)28-32-22-24-40(50)42(26-32)58-38-19-9-6-10-20-38/h5-26,29-30,43-44H,27-28H2,1-4H3. The molecule has 0 radical (unpaired) electrons. The molecular weight excluding hydrogens is 777 g/mol. The van der Waals surface area contributed by atoms with Gasteiger partial charge >= 0.3 is 12.4 Å². The second-order valence-corrected chi connectivity index (χ2v) is 15.5. The van der Waals surface area contributed by atoms with Gasteiger partial charge in [0.2, 0.25) is 0 Å². The summed E-state index contributed by atoms with van der Waals surface area (Å²) in [5, 5.41) is 0. The van der Waals surface area contributed by atoms with Crippen molar-refractivity contribution in [3.63, 3.8) is 0 Å². The molecule has 0 aliphatic rings. The molecule has 0 saturated heterocycles. The van der Waals surface area contributed by atoms with Crippen LogP contribution in [0.25, 0.3) is 0 Å². The van der Waals surface area contributed by atoms with E-state index >= 15 is 8.78 Å². The zero-order valence-electron chi connectivity index (χ0n) is 32.7. The molecule has 0 heterocycles. The Balaban J connectivity index is 1.46. The van der Waals surface area contributed by atoms with Gasteiger partial charge in [0.15, 0.2) is 23.1 Å². The molecule has 0 aliphatic heterocycles. The Morgan fingerprint density at radius 3 is 1.14 bits per heavy atom. The molecule has 3 nitrogen and oxygen atoms in total. The van der Waals surface area contributed by atoms with Crippen LogP contribution in [-0.4, -0.2) is 12.2 Å². The molecule has 0 aliphatic carbocycles. The lowest BCUT2D eigenvalue weighted by Crippen LogP contribution is -2.46. The third-order valence-corrected chi connectivity index (χ3v) is 10.6. The van der Waals surface area contributed by atoms with Crippen molar-refractivity contribution in [2.45, 2.75) is 75.9 Å². The summed E-state index contributed by atoms with van der Waals surface area (Å²) in [6.45, 7) is 6.87. The number of rotatable bonds is 14. The van der Waals surface area contributed by atoms with E-state index in [-0.39, 0.29) is 35.5 Å². The number of hydrogen-bond donors (Lipinski definition) is 0. The van der Waals surface area contributed by atoms with Crippen LogP contribution >= 0.6 is 0 Å². The van der Waals surface area contributed by atoms with Crippen LogP contribution < -0.4 is 9.47 Å². The van der Waals surface area contributed by atoms with Gasteiger partial charge in [-0.1, -0.05) is 113 Å². The molecule has 11 heteroatoms. The van der Waals surface area contributed by atoms with Gasteiger partial charge in [0.1, 0.15) is 11.5 Å². The summed E-state index contributed by atoms with van der Waals surface area (Å²) in [4.78, 5) is 0. The lowest BCUT2D eigenvalue weighted by molar-refractivity contribution is -0.138. The topological polar surface area (TPSA) is 27.7 Å². The van der Waals surface area contributed by atoms with E-state index in [1.807, 2.05) is 0 Å². The summed E-state index contributed by atoms with van der Waals surface area (Å²) in [5.74, 6) is -0.747. The predicted molar refractivity (Wildman–Crippen MR) is 211 cm³/mol. The van der Waals surface area contributed by atoms with Crippen LogP contribution in [0, 0.1) is 11.6 Å². The van der Waals surface area contributed by atoms with Gasteiger partial charge in [-0.3, -0.25) is 0 Å². The average molecular weight is 819 g/mol. The number of hydrogen-bond acceptors (Lipinski definition) is 3. The van der Waals surface area contributed by atoms with Gasteiger partial charge in [0, 0.05) is 10.8 Å². The molecule has 0 N–H and O–H groups in total. The number of alkyl halides is 6. The lowest BCUT2D eigenvalue weighted by atomic mass is 9.74. The number of benzene rings is 6. The molecule has 6 rings (SSSR count). The summed E-state index contributed by atoms with van der Waals surface area (Å²) in [6.07, 6.45) is -11.3. The molecule has 0 bridgehead atoms. The molecule has 59 heavy (non-hydrogen) atoms. The van der Waals surface area contributed by atoms with Crippen LogP contribution in [0.4, 0.5) is 35.1 Å². The summed E-state index contributed by atoms with van der Waals surface area (Å²) in [6, 6.07) is 35.3. The van der Waals surface area contributed by atoms with Crippen molar-refractivity contribution in [2.75, 3.05) is 0 Å². The van der Waals surface area contributed by atoms with Gasteiger partial charge in [-0.15, -0.1) is 0 Å². The van der Waals surface area contributed by atoms with Crippen molar-refractivity contribution in [3.8, 4) is 23.0 Å². The first-order valence-electron chi connectivity index (χ1n) is 18.8.